The molecule has 1 aliphatic rings. The average molecular weight is 348 g/mol. The van der Waals surface area contributed by atoms with Gasteiger partial charge in [0.05, 0.1) is 30.9 Å². The molecule has 24 heavy (non-hydrogen) atoms. The molecule has 0 N–H and O–H groups in total. The van der Waals surface area contributed by atoms with Gasteiger partial charge in [-0.15, -0.1) is 0 Å². The molecule has 0 spiro atoms. The topological polar surface area (TPSA) is 78.4 Å². The number of sulfone groups is 1. The highest BCUT2D eigenvalue weighted by atomic mass is 32.2. The summed E-state index contributed by atoms with van der Waals surface area (Å²) in [5, 5.41) is -0.491. The molecule has 1 aliphatic carbocycles. The summed E-state index contributed by atoms with van der Waals surface area (Å²) in [4.78, 5) is 8.14. The van der Waals surface area contributed by atoms with Gasteiger partial charge >= 0.3 is 6.01 Å². The van der Waals surface area contributed by atoms with E-state index in [1.54, 1.807) is 0 Å². The third-order valence-electron chi connectivity index (χ3n) is 4.22. The first-order chi connectivity index (χ1) is 11.5. The van der Waals surface area contributed by atoms with E-state index in [1.807, 2.05) is 24.3 Å². The van der Waals surface area contributed by atoms with Crippen LogP contribution in [0.1, 0.15) is 34.9 Å². The Bertz CT molecular complexity index is 814. The largest absolute Gasteiger partial charge is 0.481 e. The minimum Gasteiger partial charge on any atom is -0.481 e. The molecule has 128 valence electrons. The van der Waals surface area contributed by atoms with Crippen LogP contribution in [0.25, 0.3) is 0 Å². The number of nitrogens with zero attached hydrogens (tertiary/aromatic N) is 2. The molecule has 2 aromatic rings. The van der Waals surface area contributed by atoms with Gasteiger partial charge in [-0.25, -0.2) is 8.42 Å². The smallest absolute Gasteiger partial charge is 0.319 e. The van der Waals surface area contributed by atoms with Gasteiger partial charge in [0.25, 0.3) is 0 Å². The number of methoxy groups -OCH3 is 2. The lowest BCUT2D eigenvalue weighted by Gasteiger charge is -2.25. The van der Waals surface area contributed by atoms with Crippen LogP contribution < -0.4 is 9.47 Å². The molecule has 0 fully saturated rings. The first kappa shape index (κ1) is 16.7. The molecule has 1 aromatic carbocycles. The second-order valence-corrected chi connectivity index (χ2v) is 7.96. The van der Waals surface area contributed by atoms with Crippen molar-refractivity contribution in [1.29, 1.82) is 0 Å². The number of hydrogen-bond donors (Lipinski definition) is 0. The zero-order valence-corrected chi connectivity index (χ0v) is 14.5. The van der Waals surface area contributed by atoms with Crippen molar-refractivity contribution in [3.63, 3.8) is 0 Å². The van der Waals surface area contributed by atoms with Crippen LogP contribution in [0, 0.1) is 0 Å². The Hall–Kier alpha value is -2.15. The standard InChI is InChI=1S/C17H20N2O4S/c1-22-16-10-13(18-17(19-16)23-2)11-24(20,21)15-9-5-7-12-6-3-4-8-14(12)15/h3-4,6,8,10,15H,5,7,9,11H2,1-2H3. The van der Waals surface area contributed by atoms with Crippen molar-refractivity contribution in [1.82, 2.24) is 9.97 Å². The van der Waals surface area contributed by atoms with Gasteiger partial charge in [0.2, 0.25) is 5.88 Å². The molecule has 0 amide bonds. The summed E-state index contributed by atoms with van der Waals surface area (Å²) < 4.78 is 36.1. The van der Waals surface area contributed by atoms with Gasteiger partial charge in [-0.3, -0.25) is 0 Å². The quantitative estimate of drug-likeness (QED) is 0.826. The maximum absolute atomic E-state index is 13.0. The SMILES string of the molecule is COc1cc(CS(=O)(=O)C2CCCc3ccccc32)nc(OC)n1. The van der Waals surface area contributed by atoms with Crippen LogP contribution in [0.3, 0.4) is 0 Å². The first-order valence-corrected chi connectivity index (χ1v) is 9.50. The Kier molecular flexibility index (Phi) is 4.71. The highest BCUT2D eigenvalue weighted by Gasteiger charge is 2.32. The van der Waals surface area contributed by atoms with E-state index >= 15 is 0 Å². The number of rotatable bonds is 5. The molecular weight excluding hydrogens is 328 g/mol. The fraction of sp³-hybridized carbons (Fsp3) is 0.412. The number of ether oxygens (including phenoxy) is 2. The normalized spacial score (nSPS) is 17.2. The van der Waals surface area contributed by atoms with Crippen LogP contribution in [-0.2, 0) is 22.0 Å². The predicted octanol–water partition coefficient (Wildman–Crippen LogP) is 2.49. The van der Waals surface area contributed by atoms with Gasteiger partial charge in [-0.2, -0.15) is 9.97 Å². The van der Waals surface area contributed by atoms with Crippen molar-refractivity contribution in [3.05, 3.63) is 47.2 Å². The summed E-state index contributed by atoms with van der Waals surface area (Å²) in [6, 6.07) is 9.40. The molecule has 0 radical (unpaired) electrons. The van der Waals surface area contributed by atoms with E-state index in [9.17, 15) is 8.42 Å². The van der Waals surface area contributed by atoms with Crippen molar-refractivity contribution in [3.8, 4) is 11.9 Å². The zero-order valence-electron chi connectivity index (χ0n) is 13.7. The monoisotopic (exact) mass is 348 g/mol. The van der Waals surface area contributed by atoms with E-state index in [-0.39, 0.29) is 17.6 Å². The van der Waals surface area contributed by atoms with E-state index in [0.29, 0.717) is 12.1 Å². The maximum atomic E-state index is 13.0. The molecule has 0 aliphatic heterocycles. The molecule has 1 aromatic heterocycles. The molecule has 0 bridgehead atoms. The summed E-state index contributed by atoms with van der Waals surface area (Å²) in [6.45, 7) is 0. The summed E-state index contributed by atoms with van der Waals surface area (Å²) in [5.74, 6) is 0.123. The van der Waals surface area contributed by atoms with Gasteiger partial charge < -0.3 is 9.47 Å². The lowest BCUT2D eigenvalue weighted by molar-refractivity contribution is 0.350. The van der Waals surface area contributed by atoms with E-state index in [4.69, 9.17) is 9.47 Å². The fourth-order valence-electron chi connectivity index (χ4n) is 3.11. The van der Waals surface area contributed by atoms with Crippen molar-refractivity contribution < 1.29 is 17.9 Å². The van der Waals surface area contributed by atoms with Crippen molar-refractivity contribution in [2.75, 3.05) is 14.2 Å². The number of hydrogen-bond acceptors (Lipinski definition) is 6. The molecule has 1 heterocycles. The molecule has 7 heteroatoms. The van der Waals surface area contributed by atoms with Crippen LogP contribution in [0.15, 0.2) is 30.3 Å². The Balaban J connectivity index is 1.93. The van der Waals surface area contributed by atoms with Gasteiger partial charge in [-0.1, -0.05) is 24.3 Å². The van der Waals surface area contributed by atoms with Gasteiger partial charge in [-0.05, 0) is 30.4 Å². The number of benzene rings is 1. The van der Waals surface area contributed by atoms with Gasteiger partial charge in [0.15, 0.2) is 9.84 Å². The van der Waals surface area contributed by atoms with Crippen LogP contribution in [-0.4, -0.2) is 32.6 Å². The highest BCUT2D eigenvalue weighted by molar-refractivity contribution is 7.90. The Morgan fingerprint density at radius 2 is 1.96 bits per heavy atom. The summed E-state index contributed by atoms with van der Waals surface area (Å²) in [5.41, 5.74) is 2.41. The lowest BCUT2D eigenvalue weighted by Crippen LogP contribution is -2.21. The van der Waals surface area contributed by atoms with Crippen molar-refractivity contribution in [2.45, 2.75) is 30.3 Å². The second kappa shape index (κ2) is 6.76. The second-order valence-electron chi connectivity index (χ2n) is 5.78. The van der Waals surface area contributed by atoms with Gasteiger partial charge in [0.1, 0.15) is 0 Å². The van der Waals surface area contributed by atoms with Crippen LogP contribution in [0.5, 0.6) is 11.9 Å². The fourth-order valence-corrected chi connectivity index (χ4v) is 5.01. The third-order valence-corrected chi connectivity index (χ3v) is 6.28. The lowest BCUT2D eigenvalue weighted by atomic mass is 9.91. The molecule has 1 unspecified atom stereocenters. The molecule has 1 atom stereocenters. The van der Waals surface area contributed by atoms with Crippen LogP contribution in [0.4, 0.5) is 0 Å². The molecular formula is C17H20N2O4S. The molecule has 3 rings (SSSR count). The first-order valence-electron chi connectivity index (χ1n) is 7.79. The Morgan fingerprint density at radius 1 is 1.17 bits per heavy atom. The third kappa shape index (κ3) is 3.36. The highest BCUT2D eigenvalue weighted by Crippen LogP contribution is 2.37. The van der Waals surface area contributed by atoms with E-state index in [0.717, 1.165) is 24.0 Å². The zero-order chi connectivity index (χ0) is 17.2. The van der Waals surface area contributed by atoms with Crippen LogP contribution >= 0.6 is 0 Å². The Morgan fingerprint density at radius 3 is 2.71 bits per heavy atom. The van der Waals surface area contributed by atoms with Gasteiger partial charge in [0, 0.05) is 6.07 Å². The van der Waals surface area contributed by atoms with Crippen LogP contribution in [0.2, 0.25) is 0 Å². The molecule has 0 saturated carbocycles. The molecule has 0 saturated heterocycles. The minimum absolute atomic E-state index is 0.101. The Labute approximate surface area is 141 Å². The molecule has 6 nitrogen and oxygen atoms in total. The predicted molar refractivity (Wildman–Crippen MR) is 89.9 cm³/mol. The van der Waals surface area contributed by atoms with Crippen molar-refractivity contribution >= 4 is 9.84 Å². The number of aryl methyl sites for hydroxylation is 1. The number of fused-ring (bicyclic) bond motifs is 1. The summed E-state index contributed by atoms with van der Waals surface area (Å²) >= 11 is 0. The van der Waals surface area contributed by atoms with E-state index < -0.39 is 15.1 Å². The van der Waals surface area contributed by atoms with E-state index in [1.165, 1.54) is 20.3 Å². The maximum Gasteiger partial charge on any atom is 0.319 e. The summed E-state index contributed by atoms with van der Waals surface area (Å²) in [7, 11) is -0.497. The van der Waals surface area contributed by atoms with Crippen molar-refractivity contribution in [2.24, 2.45) is 0 Å². The number of aromatic nitrogens is 2. The minimum atomic E-state index is -3.40. The van der Waals surface area contributed by atoms with E-state index in [2.05, 4.69) is 9.97 Å². The average Bonchev–Trinajstić information content (AvgIpc) is 2.60. The summed E-state index contributed by atoms with van der Waals surface area (Å²) in [6.07, 6.45) is 2.44.